The summed E-state index contributed by atoms with van der Waals surface area (Å²) in [6, 6.07) is 4.07. The zero-order valence-corrected chi connectivity index (χ0v) is 16.0. The molecule has 1 heterocycles. The topological polar surface area (TPSA) is 121 Å². The summed E-state index contributed by atoms with van der Waals surface area (Å²) in [5.74, 6) is -3.58. The van der Waals surface area contributed by atoms with E-state index in [-0.39, 0.29) is 35.1 Å². The number of nitrogens with two attached hydrogens (primary N) is 1. The van der Waals surface area contributed by atoms with Gasteiger partial charge in [0.05, 0.1) is 6.61 Å². The summed E-state index contributed by atoms with van der Waals surface area (Å²) in [5, 5.41) is 2.28. The molecule has 2 rings (SSSR count). The standard InChI is InChI=1S/C17H16BrFN2O6/c1-3-25-17(24)13-8(2)27-16(14(13)15(20)23)21-12(22)7-26-11-5-4-9(18)6-10(11)19/h4-6H,3,7H2,1-2H3,(H2,20,23)(H,21,22). The van der Waals surface area contributed by atoms with E-state index in [0.29, 0.717) is 4.47 Å². The minimum absolute atomic E-state index is 0.0532. The molecule has 1 aromatic carbocycles. The van der Waals surface area contributed by atoms with Crippen LogP contribution in [0.3, 0.4) is 0 Å². The van der Waals surface area contributed by atoms with E-state index in [9.17, 15) is 18.8 Å². The maximum Gasteiger partial charge on any atom is 0.342 e. The summed E-state index contributed by atoms with van der Waals surface area (Å²) < 4.78 is 29.4. The molecule has 8 nitrogen and oxygen atoms in total. The molecule has 144 valence electrons. The Morgan fingerprint density at radius 2 is 2.00 bits per heavy atom. The fourth-order valence-corrected chi connectivity index (χ4v) is 2.55. The average molecular weight is 443 g/mol. The lowest BCUT2D eigenvalue weighted by molar-refractivity contribution is -0.118. The Bertz CT molecular complexity index is 896. The molecule has 0 fully saturated rings. The lowest BCUT2D eigenvalue weighted by atomic mass is 10.1. The number of halogens is 2. The van der Waals surface area contributed by atoms with Crippen LogP contribution in [0.5, 0.6) is 5.75 Å². The number of ether oxygens (including phenoxy) is 2. The van der Waals surface area contributed by atoms with E-state index in [0.717, 1.165) is 0 Å². The SMILES string of the molecule is CCOC(=O)c1c(C)oc(NC(=O)COc2ccc(Br)cc2F)c1C(N)=O. The van der Waals surface area contributed by atoms with Crippen LogP contribution >= 0.6 is 15.9 Å². The molecular weight excluding hydrogens is 427 g/mol. The highest BCUT2D eigenvalue weighted by atomic mass is 79.9. The minimum Gasteiger partial charge on any atom is -0.481 e. The van der Waals surface area contributed by atoms with E-state index >= 15 is 0 Å². The molecule has 10 heteroatoms. The Morgan fingerprint density at radius 3 is 2.59 bits per heavy atom. The van der Waals surface area contributed by atoms with Crippen LogP contribution in [0.1, 0.15) is 33.4 Å². The first-order valence-corrected chi connectivity index (χ1v) is 8.51. The number of esters is 1. The fourth-order valence-electron chi connectivity index (χ4n) is 2.22. The van der Waals surface area contributed by atoms with Crippen molar-refractivity contribution in [1.29, 1.82) is 0 Å². The second-order valence-corrected chi connectivity index (χ2v) is 6.15. The Balaban J connectivity index is 2.16. The molecule has 0 saturated carbocycles. The number of benzene rings is 1. The van der Waals surface area contributed by atoms with Crippen LogP contribution in [0.25, 0.3) is 0 Å². The van der Waals surface area contributed by atoms with Crippen molar-refractivity contribution in [3.63, 3.8) is 0 Å². The first-order chi connectivity index (χ1) is 12.7. The van der Waals surface area contributed by atoms with Gasteiger partial charge >= 0.3 is 5.97 Å². The van der Waals surface area contributed by atoms with Gasteiger partial charge in [0.15, 0.2) is 18.2 Å². The normalized spacial score (nSPS) is 10.4. The summed E-state index contributed by atoms with van der Waals surface area (Å²) in [5.41, 5.74) is 4.82. The van der Waals surface area contributed by atoms with Crippen molar-refractivity contribution in [1.82, 2.24) is 0 Å². The van der Waals surface area contributed by atoms with Crippen molar-refractivity contribution in [2.75, 3.05) is 18.5 Å². The van der Waals surface area contributed by atoms with Crippen molar-refractivity contribution >= 4 is 39.6 Å². The molecule has 0 aliphatic heterocycles. The number of rotatable bonds is 7. The number of nitrogens with one attached hydrogen (secondary N) is 1. The van der Waals surface area contributed by atoms with E-state index in [1.165, 1.54) is 19.1 Å². The maximum atomic E-state index is 13.7. The molecule has 0 spiro atoms. The first-order valence-electron chi connectivity index (χ1n) is 7.72. The van der Waals surface area contributed by atoms with Crippen LogP contribution in [0.2, 0.25) is 0 Å². The Morgan fingerprint density at radius 1 is 1.30 bits per heavy atom. The third kappa shape index (κ3) is 4.85. The van der Waals surface area contributed by atoms with Crippen LogP contribution < -0.4 is 15.8 Å². The fraction of sp³-hybridized carbons (Fsp3) is 0.235. The van der Waals surface area contributed by atoms with Crippen molar-refractivity contribution in [2.24, 2.45) is 5.73 Å². The molecule has 0 unspecified atom stereocenters. The predicted octanol–water partition coefficient (Wildman–Crippen LogP) is 2.78. The lowest BCUT2D eigenvalue weighted by Crippen LogP contribution is -2.23. The average Bonchev–Trinajstić information content (AvgIpc) is 2.90. The van der Waals surface area contributed by atoms with Gasteiger partial charge in [0.25, 0.3) is 11.8 Å². The van der Waals surface area contributed by atoms with Gasteiger partial charge in [-0.15, -0.1) is 0 Å². The van der Waals surface area contributed by atoms with E-state index in [2.05, 4.69) is 21.2 Å². The maximum absolute atomic E-state index is 13.7. The number of hydrogen-bond donors (Lipinski definition) is 2. The second-order valence-electron chi connectivity index (χ2n) is 5.23. The summed E-state index contributed by atoms with van der Waals surface area (Å²) >= 11 is 3.11. The molecule has 0 radical (unpaired) electrons. The van der Waals surface area contributed by atoms with Gasteiger partial charge in [-0.3, -0.25) is 14.9 Å². The molecule has 3 N–H and O–H groups in total. The molecule has 0 saturated heterocycles. The molecule has 0 atom stereocenters. The summed E-state index contributed by atoms with van der Waals surface area (Å²) in [6.07, 6.45) is 0. The highest BCUT2D eigenvalue weighted by Crippen LogP contribution is 2.28. The monoisotopic (exact) mass is 442 g/mol. The molecule has 1 aromatic heterocycles. The molecule has 0 aliphatic carbocycles. The van der Waals surface area contributed by atoms with Crippen LogP contribution in [0.15, 0.2) is 27.1 Å². The Labute approximate surface area is 161 Å². The Hall–Kier alpha value is -2.88. The largest absolute Gasteiger partial charge is 0.481 e. The summed E-state index contributed by atoms with van der Waals surface area (Å²) in [4.78, 5) is 35.8. The molecule has 27 heavy (non-hydrogen) atoms. The second kappa shape index (κ2) is 8.67. The number of primary amides is 1. The van der Waals surface area contributed by atoms with Crippen molar-refractivity contribution in [3.8, 4) is 5.75 Å². The highest BCUT2D eigenvalue weighted by molar-refractivity contribution is 9.10. The molecule has 2 amide bonds. The highest BCUT2D eigenvalue weighted by Gasteiger charge is 2.29. The van der Waals surface area contributed by atoms with Gasteiger partial charge in [-0.25, -0.2) is 9.18 Å². The summed E-state index contributed by atoms with van der Waals surface area (Å²) in [7, 11) is 0. The number of amides is 2. The lowest BCUT2D eigenvalue weighted by Gasteiger charge is -2.08. The van der Waals surface area contributed by atoms with Crippen LogP contribution in [-0.2, 0) is 9.53 Å². The number of anilines is 1. The van der Waals surface area contributed by atoms with Gasteiger partial charge < -0.3 is 19.6 Å². The predicted molar refractivity (Wildman–Crippen MR) is 96.1 cm³/mol. The minimum atomic E-state index is -0.981. The zero-order valence-electron chi connectivity index (χ0n) is 14.4. The summed E-state index contributed by atoms with van der Waals surface area (Å²) in [6.45, 7) is 2.53. The van der Waals surface area contributed by atoms with Gasteiger partial charge in [-0.05, 0) is 32.0 Å². The van der Waals surface area contributed by atoms with Gasteiger partial charge in [-0.2, -0.15) is 0 Å². The third-order valence-corrected chi connectivity index (χ3v) is 3.81. The number of hydrogen-bond acceptors (Lipinski definition) is 6. The number of carbonyl (C=O) groups is 3. The van der Waals surface area contributed by atoms with Crippen LogP contribution in [0, 0.1) is 12.7 Å². The van der Waals surface area contributed by atoms with Crippen molar-refractivity contribution < 1.29 is 32.7 Å². The van der Waals surface area contributed by atoms with Gasteiger partial charge in [0.1, 0.15) is 16.9 Å². The van der Waals surface area contributed by atoms with Gasteiger partial charge in [-0.1, -0.05) is 15.9 Å². The van der Waals surface area contributed by atoms with Crippen LogP contribution in [-0.4, -0.2) is 31.0 Å². The number of carbonyl (C=O) groups excluding carboxylic acids is 3. The molecule has 0 aliphatic rings. The van der Waals surface area contributed by atoms with Gasteiger partial charge in [0, 0.05) is 4.47 Å². The van der Waals surface area contributed by atoms with E-state index in [1.807, 2.05) is 0 Å². The number of aryl methyl sites for hydroxylation is 1. The zero-order chi connectivity index (χ0) is 20.1. The Kier molecular flexibility index (Phi) is 6.56. The van der Waals surface area contributed by atoms with Crippen molar-refractivity contribution in [3.05, 3.63) is 45.4 Å². The van der Waals surface area contributed by atoms with E-state index in [4.69, 9.17) is 19.6 Å². The van der Waals surface area contributed by atoms with Crippen molar-refractivity contribution in [2.45, 2.75) is 13.8 Å². The van der Waals surface area contributed by atoms with E-state index < -0.39 is 30.2 Å². The molecular formula is C17H16BrFN2O6. The molecule has 2 aromatic rings. The number of furan rings is 1. The smallest absolute Gasteiger partial charge is 0.342 e. The quantitative estimate of drug-likeness (QED) is 0.635. The third-order valence-electron chi connectivity index (χ3n) is 3.32. The first kappa shape index (κ1) is 20.4. The van der Waals surface area contributed by atoms with Crippen LogP contribution in [0.4, 0.5) is 10.3 Å². The van der Waals surface area contributed by atoms with Gasteiger partial charge in [0.2, 0.25) is 5.88 Å². The molecule has 0 bridgehead atoms. The van der Waals surface area contributed by atoms with E-state index in [1.54, 1.807) is 13.0 Å².